The van der Waals surface area contributed by atoms with Gasteiger partial charge in [-0.05, 0) is 62.9 Å². The summed E-state index contributed by atoms with van der Waals surface area (Å²) in [6, 6.07) is 12.7. The standard InChI is InChI=1S/C28H34N4O5/c1-4-18-14-23-21(15-22(18)31-27(35)19-8-6-5-7-9-19)26(37-17(2)3)25(30-23)28(36)29-20-10-12-32(13-11-20)24(34)16-33/h5-9,14-15,17,20,30,33H,4,10-13,16H2,1-3H3,(H,29,36)(H,31,35). The first-order valence-corrected chi connectivity index (χ1v) is 12.7. The van der Waals surface area contributed by atoms with Crippen molar-refractivity contribution in [2.24, 2.45) is 0 Å². The maximum Gasteiger partial charge on any atom is 0.271 e. The highest BCUT2D eigenvalue weighted by molar-refractivity contribution is 6.08. The maximum atomic E-state index is 13.3. The monoisotopic (exact) mass is 506 g/mol. The highest BCUT2D eigenvalue weighted by atomic mass is 16.5. The topological polar surface area (TPSA) is 124 Å². The maximum absolute atomic E-state index is 13.3. The van der Waals surface area contributed by atoms with Crippen molar-refractivity contribution in [1.82, 2.24) is 15.2 Å². The Morgan fingerprint density at radius 3 is 2.43 bits per heavy atom. The number of aryl methyl sites for hydroxylation is 1. The van der Waals surface area contributed by atoms with Crippen LogP contribution in [0.15, 0.2) is 42.5 Å². The van der Waals surface area contributed by atoms with Crippen LogP contribution in [0.25, 0.3) is 10.9 Å². The number of piperidine rings is 1. The van der Waals surface area contributed by atoms with Crippen LogP contribution in [0.1, 0.15) is 60.0 Å². The van der Waals surface area contributed by atoms with Crippen LogP contribution >= 0.6 is 0 Å². The zero-order valence-electron chi connectivity index (χ0n) is 21.5. The number of likely N-dealkylation sites (tertiary alicyclic amines) is 1. The van der Waals surface area contributed by atoms with Gasteiger partial charge in [0.15, 0.2) is 5.75 Å². The number of rotatable bonds is 8. The molecule has 3 amide bonds. The van der Waals surface area contributed by atoms with Gasteiger partial charge in [0.05, 0.1) is 11.6 Å². The summed E-state index contributed by atoms with van der Waals surface area (Å²) in [5.41, 5.74) is 3.24. The second kappa shape index (κ2) is 11.5. The lowest BCUT2D eigenvalue weighted by Crippen LogP contribution is -2.47. The highest BCUT2D eigenvalue weighted by Crippen LogP contribution is 2.35. The van der Waals surface area contributed by atoms with Gasteiger partial charge in [-0.1, -0.05) is 25.1 Å². The Kier molecular flexibility index (Phi) is 8.13. The Labute approximate surface area is 216 Å². The Bertz CT molecular complexity index is 1280. The molecule has 1 saturated heterocycles. The number of carbonyl (C=O) groups excluding carboxylic acids is 3. The summed E-state index contributed by atoms with van der Waals surface area (Å²) in [6.07, 6.45) is 1.72. The van der Waals surface area contributed by atoms with Crippen LogP contribution in [0.2, 0.25) is 0 Å². The van der Waals surface area contributed by atoms with Crippen LogP contribution in [0.5, 0.6) is 5.75 Å². The first-order valence-electron chi connectivity index (χ1n) is 12.7. The average molecular weight is 507 g/mol. The third-order valence-electron chi connectivity index (χ3n) is 6.54. The van der Waals surface area contributed by atoms with Gasteiger partial charge in [-0.2, -0.15) is 0 Å². The SMILES string of the molecule is CCc1cc2[nH]c(C(=O)NC3CCN(C(=O)CO)CC3)c(OC(C)C)c2cc1NC(=O)c1ccccc1. The molecule has 2 aromatic carbocycles. The summed E-state index contributed by atoms with van der Waals surface area (Å²) in [4.78, 5) is 42.8. The molecule has 37 heavy (non-hydrogen) atoms. The predicted octanol–water partition coefficient (Wildman–Crippen LogP) is 3.48. The number of aromatic nitrogens is 1. The number of carbonyl (C=O) groups is 3. The molecule has 1 aliphatic heterocycles. The van der Waals surface area contributed by atoms with E-state index in [9.17, 15) is 14.4 Å². The van der Waals surface area contributed by atoms with Crippen molar-refractivity contribution in [1.29, 1.82) is 0 Å². The van der Waals surface area contributed by atoms with Crippen molar-refractivity contribution >= 4 is 34.3 Å². The third-order valence-corrected chi connectivity index (χ3v) is 6.54. The molecule has 0 unspecified atom stereocenters. The van der Waals surface area contributed by atoms with E-state index >= 15 is 0 Å². The van der Waals surface area contributed by atoms with E-state index in [0.29, 0.717) is 60.4 Å². The molecule has 0 bridgehead atoms. The molecule has 0 saturated carbocycles. The third kappa shape index (κ3) is 5.94. The van der Waals surface area contributed by atoms with Crippen molar-refractivity contribution in [2.45, 2.75) is 52.2 Å². The van der Waals surface area contributed by atoms with E-state index in [1.165, 1.54) is 0 Å². The number of H-pyrrole nitrogens is 1. The van der Waals surface area contributed by atoms with E-state index in [1.807, 2.05) is 51.1 Å². The Morgan fingerprint density at radius 2 is 1.81 bits per heavy atom. The lowest BCUT2D eigenvalue weighted by atomic mass is 10.0. The molecule has 196 valence electrons. The van der Waals surface area contributed by atoms with Gasteiger partial charge < -0.3 is 30.4 Å². The number of fused-ring (bicyclic) bond motifs is 1. The van der Waals surface area contributed by atoms with Gasteiger partial charge in [0.25, 0.3) is 11.8 Å². The minimum atomic E-state index is -0.504. The molecular weight excluding hydrogens is 472 g/mol. The van der Waals surface area contributed by atoms with Gasteiger partial charge in [0.1, 0.15) is 12.3 Å². The summed E-state index contributed by atoms with van der Waals surface area (Å²) in [5.74, 6) is -0.352. The van der Waals surface area contributed by atoms with E-state index in [4.69, 9.17) is 9.84 Å². The number of aliphatic hydroxyl groups excluding tert-OH is 1. The number of aliphatic hydroxyl groups is 1. The lowest BCUT2D eigenvalue weighted by molar-refractivity contribution is -0.135. The zero-order chi connectivity index (χ0) is 26.5. The first kappa shape index (κ1) is 26.2. The molecule has 0 aliphatic carbocycles. The largest absolute Gasteiger partial charge is 0.488 e. The minimum absolute atomic E-state index is 0.0968. The fourth-order valence-electron chi connectivity index (χ4n) is 4.60. The molecule has 0 atom stereocenters. The Morgan fingerprint density at radius 1 is 1.11 bits per heavy atom. The summed E-state index contributed by atoms with van der Waals surface area (Å²) < 4.78 is 6.10. The second-order valence-electron chi connectivity index (χ2n) is 9.51. The number of hydrogen-bond donors (Lipinski definition) is 4. The van der Waals surface area contributed by atoms with Crippen LogP contribution in [0, 0.1) is 0 Å². The highest BCUT2D eigenvalue weighted by Gasteiger charge is 2.27. The number of ether oxygens (including phenoxy) is 1. The summed E-state index contributed by atoms with van der Waals surface area (Å²) in [5, 5.41) is 15.9. The van der Waals surface area contributed by atoms with Gasteiger partial charge in [-0.25, -0.2) is 0 Å². The molecule has 9 nitrogen and oxygen atoms in total. The van der Waals surface area contributed by atoms with E-state index in [-0.39, 0.29) is 29.9 Å². The van der Waals surface area contributed by atoms with Gasteiger partial charge >= 0.3 is 0 Å². The second-order valence-corrected chi connectivity index (χ2v) is 9.51. The van der Waals surface area contributed by atoms with Crippen molar-refractivity contribution < 1.29 is 24.2 Å². The minimum Gasteiger partial charge on any atom is -0.488 e. The number of hydrogen-bond acceptors (Lipinski definition) is 5. The molecule has 9 heteroatoms. The van der Waals surface area contributed by atoms with Crippen LogP contribution in [-0.4, -0.2) is 64.6 Å². The number of nitrogens with one attached hydrogen (secondary N) is 3. The fraction of sp³-hybridized carbons (Fsp3) is 0.393. The van der Waals surface area contributed by atoms with Gasteiger partial charge in [-0.15, -0.1) is 0 Å². The van der Waals surface area contributed by atoms with Crippen molar-refractivity contribution in [3.05, 3.63) is 59.3 Å². The van der Waals surface area contributed by atoms with Crippen LogP contribution in [0.4, 0.5) is 5.69 Å². The van der Waals surface area contributed by atoms with Crippen LogP contribution in [-0.2, 0) is 11.2 Å². The van der Waals surface area contributed by atoms with Crippen molar-refractivity contribution in [3.8, 4) is 5.75 Å². The van der Waals surface area contributed by atoms with E-state index in [1.54, 1.807) is 17.0 Å². The van der Waals surface area contributed by atoms with E-state index in [2.05, 4.69) is 15.6 Å². The predicted molar refractivity (Wildman–Crippen MR) is 142 cm³/mol. The quantitative estimate of drug-likeness (QED) is 0.372. The molecule has 1 aliphatic rings. The average Bonchev–Trinajstić information content (AvgIpc) is 3.25. The molecule has 4 rings (SSSR count). The smallest absolute Gasteiger partial charge is 0.271 e. The number of amides is 3. The molecule has 1 aromatic heterocycles. The molecule has 2 heterocycles. The molecule has 3 aromatic rings. The van der Waals surface area contributed by atoms with E-state index < -0.39 is 6.61 Å². The molecular formula is C28H34N4O5. The van der Waals surface area contributed by atoms with Crippen LogP contribution < -0.4 is 15.4 Å². The van der Waals surface area contributed by atoms with Gasteiger partial charge in [-0.3, -0.25) is 14.4 Å². The fourth-order valence-corrected chi connectivity index (χ4v) is 4.60. The van der Waals surface area contributed by atoms with Gasteiger partial charge in [0.2, 0.25) is 5.91 Å². The number of anilines is 1. The van der Waals surface area contributed by atoms with E-state index in [0.717, 1.165) is 11.1 Å². The summed E-state index contributed by atoms with van der Waals surface area (Å²) in [6.45, 7) is 6.26. The van der Waals surface area contributed by atoms with Crippen molar-refractivity contribution in [3.63, 3.8) is 0 Å². The number of nitrogens with zero attached hydrogens (tertiary/aromatic N) is 1. The van der Waals surface area contributed by atoms with Gasteiger partial charge in [0, 0.05) is 35.8 Å². The van der Waals surface area contributed by atoms with Crippen LogP contribution in [0.3, 0.4) is 0 Å². The Hall–Kier alpha value is -3.85. The molecule has 0 spiro atoms. The Balaban J connectivity index is 1.61. The van der Waals surface area contributed by atoms with Crippen molar-refractivity contribution in [2.75, 3.05) is 25.0 Å². The summed E-state index contributed by atoms with van der Waals surface area (Å²) >= 11 is 0. The normalized spacial score (nSPS) is 14.1. The lowest BCUT2D eigenvalue weighted by Gasteiger charge is -2.32. The molecule has 4 N–H and O–H groups in total. The number of aromatic amines is 1. The number of benzene rings is 2. The summed E-state index contributed by atoms with van der Waals surface area (Å²) in [7, 11) is 0. The first-order chi connectivity index (χ1) is 17.8. The zero-order valence-corrected chi connectivity index (χ0v) is 21.5. The molecule has 1 fully saturated rings. The molecule has 0 radical (unpaired) electrons.